The Morgan fingerprint density at radius 3 is 1.48 bits per heavy atom. The van der Waals surface area contributed by atoms with E-state index in [1.807, 2.05) is 36.4 Å². The first-order valence-corrected chi connectivity index (χ1v) is 8.44. The number of alkyl halides is 3. The normalized spacial score (nSPS) is 11.3. The molecule has 0 aliphatic carbocycles. The van der Waals surface area contributed by atoms with Gasteiger partial charge in [-0.15, -0.1) is 0 Å². The second-order valence-corrected chi connectivity index (χ2v) is 5.95. The molecule has 0 amide bonds. The summed E-state index contributed by atoms with van der Waals surface area (Å²) in [6.07, 6.45) is -4.34. The molecular weight excluding hydrogens is 353 g/mol. The molecule has 0 heterocycles. The Morgan fingerprint density at radius 2 is 1.11 bits per heavy atom. The van der Waals surface area contributed by atoms with Crippen LogP contribution in [0.25, 0.3) is 22.3 Å². The molecule has 3 rings (SSSR count). The Morgan fingerprint density at radius 1 is 0.741 bits per heavy atom. The van der Waals surface area contributed by atoms with Crippen LogP contribution in [0.2, 0.25) is 0 Å². The Labute approximate surface area is 155 Å². The third-order valence-electron chi connectivity index (χ3n) is 4.16. The van der Waals surface area contributed by atoms with Crippen LogP contribution >= 0.6 is 0 Å². The fraction of sp³-hybridized carbons (Fsp3) is 0.136. The number of hydrogen-bond donors (Lipinski definition) is 0. The van der Waals surface area contributed by atoms with E-state index >= 15 is 0 Å². The lowest BCUT2D eigenvalue weighted by Crippen LogP contribution is -2.04. The molecule has 0 aliphatic heterocycles. The molecule has 0 atom stereocenters. The molecule has 5 heteroatoms. The summed E-state index contributed by atoms with van der Waals surface area (Å²) in [6.45, 7) is 2.08. The van der Waals surface area contributed by atoms with E-state index in [1.165, 1.54) is 12.1 Å². The monoisotopic (exact) mass is 370 g/mol. The Bertz CT molecular complexity index is 910. The highest BCUT2D eigenvalue weighted by Crippen LogP contribution is 2.31. The van der Waals surface area contributed by atoms with E-state index in [1.54, 1.807) is 19.1 Å². The minimum absolute atomic E-state index is 0.325. The summed E-state index contributed by atoms with van der Waals surface area (Å²) in [4.78, 5) is 11.7. The second kappa shape index (κ2) is 7.66. The van der Waals surface area contributed by atoms with Gasteiger partial charge in [0.25, 0.3) is 0 Å². The number of halogens is 3. The first-order chi connectivity index (χ1) is 12.9. The Hall–Kier alpha value is -3.08. The van der Waals surface area contributed by atoms with Crippen LogP contribution in [0.3, 0.4) is 0 Å². The van der Waals surface area contributed by atoms with Crippen LogP contribution in [0.15, 0.2) is 72.8 Å². The predicted molar refractivity (Wildman–Crippen MR) is 98.3 cm³/mol. The first kappa shape index (κ1) is 18.7. The van der Waals surface area contributed by atoms with Crippen molar-refractivity contribution in [2.75, 3.05) is 6.61 Å². The lowest BCUT2D eigenvalue weighted by atomic mass is 9.99. The van der Waals surface area contributed by atoms with Gasteiger partial charge in [0.15, 0.2) is 0 Å². The average Bonchev–Trinajstić information content (AvgIpc) is 2.68. The third-order valence-corrected chi connectivity index (χ3v) is 4.16. The number of esters is 1. The summed E-state index contributed by atoms with van der Waals surface area (Å²) in [5, 5.41) is 0. The summed E-state index contributed by atoms with van der Waals surface area (Å²) in [6, 6.07) is 19.7. The maximum absolute atomic E-state index is 12.7. The second-order valence-electron chi connectivity index (χ2n) is 5.95. The molecule has 3 aromatic carbocycles. The van der Waals surface area contributed by atoms with Crippen LogP contribution in [0.4, 0.5) is 13.2 Å². The smallest absolute Gasteiger partial charge is 0.416 e. The van der Waals surface area contributed by atoms with Gasteiger partial charge in [0, 0.05) is 0 Å². The maximum atomic E-state index is 12.7. The quantitative estimate of drug-likeness (QED) is 0.510. The molecule has 0 saturated heterocycles. The van der Waals surface area contributed by atoms with Gasteiger partial charge >= 0.3 is 12.1 Å². The van der Waals surface area contributed by atoms with Crippen molar-refractivity contribution in [2.24, 2.45) is 0 Å². The van der Waals surface area contributed by atoms with Crippen molar-refractivity contribution in [3.05, 3.63) is 83.9 Å². The molecule has 0 fully saturated rings. The van der Waals surface area contributed by atoms with Crippen molar-refractivity contribution in [3.63, 3.8) is 0 Å². The van der Waals surface area contributed by atoms with E-state index in [0.717, 1.165) is 28.8 Å². The fourth-order valence-electron chi connectivity index (χ4n) is 2.72. The van der Waals surface area contributed by atoms with Crippen molar-refractivity contribution < 1.29 is 22.7 Å². The maximum Gasteiger partial charge on any atom is 0.416 e. The van der Waals surface area contributed by atoms with E-state index in [0.29, 0.717) is 17.7 Å². The molecule has 0 saturated carbocycles. The summed E-state index contributed by atoms with van der Waals surface area (Å²) >= 11 is 0. The number of hydrogen-bond acceptors (Lipinski definition) is 2. The van der Waals surface area contributed by atoms with Crippen LogP contribution in [0.5, 0.6) is 0 Å². The van der Waals surface area contributed by atoms with E-state index in [9.17, 15) is 18.0 Å². The van der Waals surface area contributed by atoms with Crippen LogP contribution in [-0.4, -0.2) is 12.6 Å². The van der Waals surface area contributed by atoms with E-state index in [4.69, 9.17) is 4.74 Å². The first-order valence-electron chi connectivity index (χ1n) is 8.44. The summed E-state index contributed by atoms with van der Waals surface area (Å²) in [7, 11) is 0. The summed E-state index contributed by atoms with van der Waals surface area (Å²) < 4.78 is 42.9. The number of carbonyl (C=O) groups is 1. The van der Waals surface area contributed by atoms with E-state index in [2.05, 4.69) is 0 Å². The van der Waals surface area contributed by atoms with Crippen molar-refractivity contribution in [1.29, 1.82) is 0 Å². The zero-order valence-electron chi connectivity index (χ0n) is 14.6. The van der Waals surface area contributed by atoms with Crippen molar-refractivity contribution in [2.45, 2.75) is 13.1 Å². The van der Waals surface area contributed by atoms with Crippen molar-refractivity contribution in [3.8, 4) is 22.3 Å². The van der Waals surface area contributed by atoms with Gasteiger partial charge in [-0.05, 0) is 53.4 Å². The highest BCUT2D eigenvalue weighted by atomic mass is 19.4. The minimum atomic E-state index is -4.34. The van der Waals surface area contributed by atoms with Gasteiger partial charge in [-0.2, -0.15) is 13.2 Å². The molecule has 0 radical (unpaired) electrons. The van der Waals surface area contributed by atoms with Gasteiger partial charge in [-0.3, -0.25) is 0 Å². The molecule has 0 N–H and O–H groups in total. The van der Waals surface area contributed by atoms with Gasteiger partial charge in [-0.1, -0.05) is 48.5 Å². The standard InChI is InChI=1S/C22H17F3O2/c1-2-27-21(26)19-9-7-17(8-10-19)15-3-5-16(6-4-15)18-11-13-20(14-12-18)22(23,24)25/h3-14H,2H2,1H3. The third kappa shape index (κ3) is 4.37. The van der Waals surface area contributed by atoms with Gasteiger partial charge in [0.05, 0.1) is 17.7 Å². The summed E-state index contributed by atoms with van der Waals surface area (Å²) in [5.41, 5.74) is 3.25. The minimum Gasteiger partial charge on any atom is -0.462 e. The zero-order chi connectivity index (χ0) is 19.4. The van der Waals surface area contributed by atoms with Crippen LogP contribution in [-0.2, 0) is 10.9 Å². The molecule has 0 aromatic heterocycles. The molecule has 27 heavy (non-hydrogen) atoms. The Balaban J connectivity index is 1.78. The molecule has 0 bridgehead atoms. The molecular formula is C22H17F3O2. The van der Waals surface area contributed by atoms with Gasteiger partial charge in [-0.25, -0.2) is 4.79 Å². The molecule has 138 valence electrons. The molecule has 0 unspecified atom stereocenters. The molecule has 3 aromatic rings. The summed E-state index contributed by atoms with van der Waals surface area (Å²) in [5.74, 6) is -0.360. The lowest BCUT2D eigenvalue weighted by molar-refractivity contribution is -0.137. The molecule has 0 spiro atoms. The number of carbonyl (C=O) groups excluding carboxylic acids is 1. The number of benzene rings is 3. The Kier molecular flexibility index (Phi) is 5.31. The number of rotatable bonds is 4. The zero-order valence-corrected chi connectivity index (χ0v) is 14.6. The van der Waals surface area contributed by atoms with Gasteiger partial charge in [0.2, 0.25) is 0 Å². The fourth-order valence-corrected chi connectivity index (χ4v) is 2.72. The van der Waals surface area contributed by atoms with Crippen molar-refractivity contribution in [1.82, 2.24) is 0 Å². The van der Waals surface area contributed by atoms with E-state index < -0.39 is 11.7 Å². The highest BCUT2D eigenvalue weighted by molar-refractivity contribution is 5.90. The van der Waals surface area contributed by atoms with E-state index in [-0.39, 0.29) is 5.97 Å². The number of ether oxygens (including phenoxy) is 1. The lowest BCUT2D eigenvalue weighted by Gasteiger charge is -2.09. The largest absolute Gasteiger partial charge is 0.462 e. The van der Waals surface area contributed by atoms with Gasteiger partial charge in [0.1, 0.15) is 0 Å². The predicted octanol–water partition coefficient (Wildman–Crippen LogP) is 6.22. The SMILES string of the molecule is CCOC(=O)c1ccc(-c2ccc(-c3ccc(C(F)(F)F)cc3)cc2)cc1. The van der Waals surface area contributed by atoms with Gasteiger partial charge < -0.3 is 4.74 Å². The topological polar surface area (TPSA) is 26.3 Å². The van der Waals surface area contributed by atoms with Crippen LogP contribution in [0, 0.1) is 0 Å². The molecule has 2 nitrogen and oxygen atoms in total. The van der Waals surface area contributed by atoms with Crippen molar-refractivity contribution >= 4 is 5.97 Å². The highest BCUT2D eigenvalue weighted by Gasteiger charge is 2.29. The van der Waals surface area contributed by atoms with Crippen LogP contribution in [0.1, 0.15) is 22.8 Å². The molecule has 0 aliphatic rings. The average molecular weight is 370 g/mol. The van der Waals surface area contributed by atoms with Crippen LogP contribution < -0.4 is 0 Å².